The Morgan fingerprint density at radius 2 is 1.82 bits per heavy atom. The fraction of sp³-hybridized carbons (Fsp3) is 0.0714. The number of hydroxylamine groups is 1. The fourth-order valence-electron chi connectivity index (χ4n) is 1.81. The van der Waals surface area contributed by atoms with Crippen molar-refractivity contribution < 1.29 is 4.84 Å². The van der Waals surface area contributed by atoms with Crippen molar-refractivity contribution in [3.63, 3.8) is 0 Å². The maximum absolute atomic E-state index is 5.52. The van der Waals surface area contributed by atoms with Gasteiger partial charge in [0.1, 0.15) is 6.10 Å². The summed E-state index contributed by atoms with van der Waals surface area (Å²) in [5.74, 6) is 0. The minimum Gasteiger partial charge on any atom is -0.264 e. The molecule has 1 aliphatic rings. The first kappa shape index (κ1) is 10.1. The van der Waals surface area contributed by atoms with E-state index in [4.69, 9.17) is 4.84 Å². The van der Waals surface area contributed by atoms with Crippen LogP contribution in [0.3, 0.4) is 0 Å². The third-order valence-electron chi connectivity index (χ3n) is 2.68. The zero-order valence-electron chi connectivity index (χ0n) is 9.21. The Hall–Kier alpha value is -2.13. The van der Waals surface area contributed by atoms with Crippen molar-refractivity contribution in [2.75, 3.05) is 0 Å². The van der Waals surface area contributed by atoms with Gasteiger partial charge in [-0.1, -0.05) is 36.4 Å². The van der Waals surface area contributed by atoms with E-state index >= 15 is 0 Å². The Morgan fingerprint density at radius 1 is 1.00 bits per heavy atom. The van der Waals surface area contributed by atoms with Crippen LogP contribution in [0.25, 0.3) is 5.70 Å². The van der Waals surface area contributed by atoms with E-state index in [0.717, 1.165) is 17.0 Å². The van der Waals surface area contributed by atoms with Gasteiger partial charge in [0.25, 0.3) is 0 Å². The van der Waals surface area contributed by atoms with Crippen LogP contribution >= 0.6 is 0 Å². The minimum atomic E-state index is -0.0480. The molecule has 2 aromatic rings. The van der Waals surface area contributed by atoms with Crippen LogP contribution in [0, 0.1) is 0 Å². The molecule has 1 N–H and O–H groups in total. The van der Waals surface area contributed by atoms with Gasteiger partial charge in [0.15, 0.2) is 0 Å². The standard InChI is InChI=1S/C14H12N2O/c1-2-6-11(7-3-1)14-10-13(16-17-14)12-8-4-5-9-15-12/h1-10,14,16H. The second kappa shape index (κ2) is 4.39. The lowest BCUT2D eigenvalue weighted by Gasteiger charge is -2.06. The van der Waals surface area contributed by atoms with Gasteiger partial charge in [-0.25, -0.2) is 0 Å². The molecule has 0 spiro atoms. The zero-order chi connectivity index (χ0) is 11.5. The van der Waals surface area contributed by atoms with Gasteiger partial charge in [-0.3, -0.25) is 15.3 Å². The van der Waals surface area contributed by atoms with Crippen molar-refractivity contribution in [2.45, 2.75) is 6.10 Å². The Balaban J connectivity index is 1.87. The monoisotopic (exact) mass is 224 g/mol. The van der Waals surface area contributed by atoms with Gasteiger partial charge in [-0.2, -0.15) is 0 Å². The number of hydrogen-bond acceptors (Lipinski definition) is 3. The number of rotatable bonds is 2. The highest BCUT2D eigenvalue weighted by atomic mass is 16.7. The molecule has 0 fully saturated rings. The summed E-state index contributed by atoms with van der Waals surface area (Å²) in [7, 11) is 0. The predicted octanol–water partition coefficient (Wildman–Crippen LogP) is 2.70. The Kier molecular flexibility index (Phi) is 2.60. The lowest BCUT2D eigenvalue weighted by atomic mass is 10.1. The lowest BCUT2D eigenvalue weighted by molar-refractivity contribution is 0.0510. The number of nitrogens with one attached hydrogen (secondary N) is 1. The first-order chi connectivity index (χ1) is 8.43. The van der Waals surface area contributed by atoms with Crippen LogP contribution < -0.4 is 5.48 Å². The van der Waals surface area contributed by atoms with E-state index in [2.05, 4.69) is 10.5 Å². The highest BCUT2D eigenvalue weighted by Gasteiger charge is 2.19. The number of benzene rings is 1. The van der Waals surface area contributed by atoms with Crippen LogP contribution in [0.2, 0.25) is 0 Å². The molecule has 0 aliphatic carbocycles. The van der Waals surface area contributed by atoms with Gasteiger partial charge in [-0.15, -0.1) is 0 Å². The molecule has 0 saturated carbocycles. The van der Waals surface area contributed by atoms with Crippen LogP contribution in [0.4, 0.5) is 0 Å². The van der Waals surface area contributed by atoms with E-state index < -0.39 is 0 Å². The van der Waals surface area contributed by atoms with Crippen molar-refractivity contribution in [1.82, 2.24) is 10.5 Å². The second-order valence-electron chi connectivity index (χ2n) is 3.85. The van der Waals surface area contributed by atoms with E-state index in [9.17, 15) is 0 Å². The van der Waals surface area contributed by atoms with Gasteiger partial charge >= 0.3 is 0 Å². The van der Waals surface area contributed by atoms with Crippen LogP contribution in [-0.2, 0) is 4.84 Å². The molecule has 1 unspecified atom stereocenters. The highest BCUT2D eigenvalue weighted by Crippen LogP contribution is 2.27. The summed E-state index contributed by atoms with van der Waals surface area (Å²) < 4.78 is 0. The predicted molar refractivity (Wildman–Crippen MR) is 65.6 cm³/mol. The van der Waals surface area contributed by atoms with E-state index in [1.807, 2.05) is 54.6 Å². The number of aromatic nitrogens is 1. The maximum Gasteiger partial charge on any atom is 0.131 e. The lowest BCUT2D eigenvalue weighted by Crippen LogP contribution is -2.08. The number of nitrogens with zero attached hydrogens (tertiary/aromatic N) is 1. The molecule has 1 atom stereocenters. The highest BCUT2D eigenvalue weighted by molar-refractivity contribution is 5.62. The molecule has 3 rings (SSSR count). The van der Waals surface area contributed by atoms with Crippen molar-refractivity contribution in [3.8, 4) is 0 Å². The summed E-state index contributed by atoms with van der Waals surface area (Å²) in [5.41, 5.74) is 5.86. The molecule has 0 radical (unpaired) electrons. The Labute approximate surface area is 99.7 Å². The summed E-state index contributed by atoms with van der Waals surface area (Å²) in [6.45, 7) is 0. The first-order valence-electron chi connectivity index (χ1n) is 5.53. The van der Waals surface area contributed by atoms with Crippen LogP contribution in [-0.4, -0.2) is 4.98 Å². The molecule has 1 aliphatic heterocycles. The van der Waals surface area contributed by atoms with Crippen molar-refractivity contribution in [3.05, 3.63) is 72.1 Å². The molecular weight excluding hydrogens is 212 g/mol. The summed E-state index contributed by atoms with van der Waals surface area (Å²) >= 11 is 0. The molecule has 3 nitrogen and oxygen atoms in total. The normalized spacial score (nSPS) is 18.6. The minimum absolute atomic E-state index is 0.0480. The van der Waals surface area contributed by atoms with Crippen molar-refractivity contribution in [2.24, 2.45) is 0 Å². The molecule has 0 saturated heterocycles. The van der Waals surface area contributed by atoms with Crippen molar-refractivity contribution in [1.29, 1.82) is 0 Å². The molecule has 0 bridgehead atoms. The van der Waals surface area contributed by atoms with Gasteiger partial charge in [0, 0.05) is 6.20 Å². The first-order valence-corrected chi connectivity index (χ1v) is 5.53. The average Bonchev–Trinajstić information content (AvgIpc) is 2.90. The smallest absolute Gasteiger partial charge is 0.131 e. The Bertz CT molecular complexity index is 522. The van der Waals surface area contributed by atoms with E-state index in [1.54, 1.807) is 6.20 Å². The van der Waals surface area contributed by atoms with E-state index in [-0.39, 0.29) is 6.10 Å². The second-order valence-corrected chi connectivity index (χ2v) is 3.85. The van der Waals surface area contributed by atoms with E-state index in [0.29, 0.717) is 0 Å². The van der Waals surface area contributed by atoms with Gasteiger partial charge in [-0.05, 0) is 23.8 Å². The Morgan fingerprint density at radius 3 is 2.59 bits per heavy atom. The number of hydrogen-bond donors (Lipinski definition) is 1. The van der Waals surface area contributed by atoms with Crippen molar-refractivity contribution >= 4 is 5.70 Å². The summed E-state index contributed by atoms with van der Waals surface area (Å²) in [4.78, 5) is 9.80. The number of pyridine rings is 1. The molecular formula is C14H12N2O. The van der Waals surface area contributed by atoms with Gasteiger partial charge < -0.3 is 0 Å². The summed E-state index contributed by atoms with van der Waals surface area (Å²) in [6, 6.07) is 15.9. The molecule has 1 aromatic heterocycles. The van der Waals surface area contributed by atoms with E-state index in [1.165, 1.54) is 0 Å². The van der Waals surface area contributed by atoms with Gasteiger partial charge in [0.05, 0.1) is 11.4 Å². The van der Waals surface area contributed by atoms with Crippen LogP contribution in [0.5, 0.6) is 0 Å². The zero-order valence-corrected chi connectivity index (χ0v) is 9.21. The largest absolute Gasteiger partial charge is 0.264 e. The third-order valence-corrected chi connectivity index (χ3v) is 2.68. The molecule has 0 amide bonds. The quantitative estimate of drug-likeness (QED) is 0.851. The van der Waals surface area contributed by atoms with Gasteiger partial charge in [0.2, 0.25) is 0 Å². The molecule has 84 valence electrons. The summed E-state index contributed by atoms with van der Waals surface area (Å²) in [6.07, 6.45) is 3.76. The third kappa shape index (κ3) is 2.05. The summed E-state index contributed by atoms with van der Waals surface area (Å²) in [5, 5.41) is 0. The topological polar surface area (TPSA) is 34.2 Å². The SMILES string of the molecule is C1=C(c2ccccn2)NOC1c1ccccc1. The fourth-order valence-corrected chi connectivity index (χ4v) is 1.81. The molecule has 2 heterocycles. The molecule has 17 heavy (non-hydrogen) atoms. The molecule has 3 heteroatoms. The maximum atomic E-state index is 5.52. The van der Waals surface area contributed by atoms with Crippen LogP contribution in [0.1, 0.15) is 17.4 Å². The molecule has 1 aromatic carbocycles. The van der Waals surface area contributed by atoms with Crippen LogP contribution in [0.15, 0.2) is 60.8 Å². The average molecular weight is 224 g/mol.